The van der Waals surface area contributed by atoms with Crippen molar-refractivity contribution in [3.8, 4) is 0 Å². The molecule has 0 saturated heterocycles. The van der Waals surface area contributed by atoms with Gasteiger partial charge in [-0.2, -0.15) is 8.91 Å². The van der Waals surface area contributed by atoms with Gasteiger partial charge in [0.15, 0.2) is 15.8 Å². The molecule has 51 heavy (non-hydrogen) atoms. The molecule has 2 aromatic rings. The molecule has 2 aliphatic rings. The number of fused-ring (bicyclic) bond motifs is 2. The van der Waals surface area contributed by atoms with Gasteiger partial charge < -0.3 is 23.8 Å². The van der Waals surface area contributed by atoms with Crippen LogP contribution in [0.15, 0.2) is 70.1 Å². The van der Waals surface area contributed by atoms with Gasteiger partial charge in [-0.25, -0.2) is 25.3 Å². The van der Waals surface area contributed by atoms with Gasteiger partial charge in [0.05, 0.1) is 32.5 Å². The van der Waals surface area contributed by atoms with Crippen LogP contribution in [-0.2, 0) is 50.6 Å². The standard InChI is InChI=1S/C30H38N2O12S4.3Na/c1-5-29(3)23-18-21(45-44-43-33)12-14-25(23)31(16-7-8-17-46(34,35)36)27(29)10-9-11-28-30(4,6-2)24-19-22(48(40,41)42)13-15-26(24)32(28)20-47(37,38)39;;;/h9-15,18-19H,5-8,16-17,20H2,1-4H3,(H3-,33,34,35,36,37,38,39,40,41,42);;;/q;3*+1/p-3. The van der Waals surface area contributed by atoms with Gasteiger partial charge in [-0.3, -0.25) is 5.04 Å². The summed E-state index contributed by atoms with van der Waals surface area (Å²) >= 11 is 0.734. The van der Waals surface area contributed by atoms with E-state index in [1.165, 1.54) is 16.7 Å². The molecule has 264 valence electrons. The second-order valence-corrected chi connectivity index (χ2v) is 17.0. The minimum atomic E-state index is -4.83. The van der Waals surface area contributed by atoms with Crippen molar-refractivity contribution >= 4 is 59.5 Å². The van der Waals surface area contributed by atoms with Crippen molar-refractivity contribution in [1.82, 2.24) is 0 Å². The van der Waals surface area contributed by atoms with Crippen LogP contribution >= 0.6 is 12.0 Å². The van der Waals surface area contributed by atoms with Crippen molar-refractivity contribution in [3.05, 3.63) is 71.5 Å². The molecule has 2 aromatic carbocycles. The first-order valence-corrected chi connectivity index (χ1v) is 20.2. The van der Waals surface area contributed by atoms with Crippen LogP contribution in [-0.4, -0.2) is 67.4 Å². The SMILES string of the molecule is CCC1(C)C(C=C/C=C2/N(CCCCS(=O)(=O)[O-])c3ccc(SOO[O-])cc3C2(C)CC)=[N+](CS(=O)(=O)[O-])c2ccc(S(=O)(=O)[O-])cc21.[Na+].[Na+].[Na+]. The van der Waals surface area contributed by atoms with Crippen molar-refractivity contribution in [1.29, 1.82) is 0 Å². The topological polar surface area (TPSA) is 219 Å². The number of hydrogen-bond acceptors (Lipinski definition) is 14. The van der Waals surface area contributed by atoms with E-state index in [-0.39, 0.29) is 101 Å². The zero-order valence-corrected chi connectivity index (χ0v) is 38.8. The van der Waals surface area contributed by atoms with E-state index in [2.05, 4.69) is 9.37 Å². The molecule has 0 bridgehead atoms. The fraction of sp³-hybridized carbons (Fsp3) is 0.433. The van der Waals surface area contributed by atoms with Crippen molar-refractivity contribution in [3.63, 3.8) is 0 Å². The average Bonchev–Trinajstić information content (AvgIpc) is 3.37. The molecule has 0 radical (unpaired) electrons. The molecule has 2 unspecified atom stereocenters. The molecule has 0 spiro atoms. The monoisotopic (exact) mass is 812 g/mol. The van der Waals surface area contributed by atoms with Gasteiger partial charge in [-0.1, -0.05) is 19.9 Å². The predicted octanol–water partition coefficient (Wildman–Crippen LogP) is -5.94. The van der Waals surface area contributed by atoms with Gasteiger partial charge in [0.1, 0.15) is 10.1 Å². The molecule has 2 aliphatic heterocycles. The minimum Gasteiger partial charge on any atom is -0.748 e. The first-order valence-electron chi connectivity index (χ1n) is 14.9. The van der Waals surface area contributed by atoms with Crippen molar-refractivity contribution in [2.75, 3.05) is 23.1 Å². The van der Waals surface area contributed by atoms with E-state index in [1.807, 2.05) is 43.9 Å². The number of rotatable bonds is 15. The van der Waals surface area contributed by atoms with Crippen LogP contribution in [0.1, 0.15) is 64.5 Å². The largest absolute Gasteiger partial charge is 1.00 e. The van der Waals surface area contributed by atoms with E-state index in [4.69, 9.17) is 0 Å². The summed E-state index contributed by atoms with van der Waals surface area (Å²) in [4.78, 5) is 2.11. The number of allylic oxidation sites excluding steroid dienone is 4. The molecule has 0 N–H and O–H groups in total. The number of benzene rings is 2. The maximum atomic E-state index is 12.0. The van der Waals surface area contributed by atoms with Gasteiger partial charge in [-0.15, -0.1) is 0 Å². The average molecular weight is 813 g/mol. The molecule has 2 atom stereocenters. The van der Waals surface area contributed by atoms with Crippen LogP contribution in [0.2, 0.25) is 0 Å². The molecule has 0 aromatic heterocycles. The molecule has 0 saturated carbocycles. The molecular weight excluding hydrogens is 778 g/mol. The Hall–Kier alpha value is 0.350. The zero-order valence-electron chi connectivity index (χ0n) is 29.6. The summed E-state index contributed by atoms with van der Waals surface area (Å²) in [5.41, 5.74) is 1.94. The van der Waals surface area contributed by atoms with Gasteiger partial charge in [0.2, 0.25) is 11.6 Å². The number of hydrogen-bond donors (Lipinski definition) is 0. The van der Waals surface area contributed by atoms with Crippen LogP contribution in [0.25, 0.3) is 0 Å². The maximum Gasteiger partial charge on any atom is 1.00 e. The van der Waals surface area contributed by atoms with E-state index in [0.29, 0.717) is 42.0 Å². The van der Waals surface area contributed by atoms with Crippen molar-refractivity contribution in [2.24, 2.45) is 0 Å². The molecular formula is C30H35N2Na3O12S4. The number of nitrogens with zero attached hydrogens (tertiary/aromatic N) is 2. The molecule has 0 fully saturated rings. The third kappa shape index (κ3) is 11.5. The summed E-state index contributed by atoms with van der Waals surface area (Å²) < 4.78 is 111. The summed E-state index contributed by atoms with van der Waals surface area (Å²) in [6, 6.07) is 9.02. The third-order valence-corrected chi connectivity index (χ3v) is 11.9. The van der Waals surface area contributed by atoms with E-state index in [1.54, 1.807) is 25.1 Å². The molecule has 0 aliphatic carbocycles. The Morgan fingerprint density at radius 3 is 2.06 bits per heavy atom. The van der Waals surface area contributed by atoms with Crippen LogP contribution in [0.5, 0.6) is 0 Å². The van der Waals surface area contributed by atoms with E-state index < -0.39 is 57.7 Å². The Morgan fingerprint density at radius 1 is 0.863 bits per heavy atom. The Bertz CT molecular complexity index is 2010. The summed E-state index contributed by atoms with van der Waals surface area (Å²) in [5, 5.41) is 13.9. The van der Waals surface area contributed by atoms with E-state index in [0.717, 1.165) is 35.1 Å². The first kappa shape index (κ1) is 49.4. The summed E-state index contributed by atoms with van der Waals surface area (Å²) in [6.45, 7) is 7.91. The van der Waals surface area contributed by atoms with E-state index >= 15 is 0 Å². The van der Waals surface area contributed by atoms with Gasteiger partial charge >= 0.3 is 88.7 Å². The van der Waals surface area contributed by atoms with Crippen LogP contribution < -0.4 is 98.8 Å². The second-order valence-electron chi connectivity index (χ2n) is 11.9. The molecule has 2 heterocycles. The molecule has 14 nitrogen and oxygen atoms in total. The fourth-order valence-electron chi connectivity index (χ4n) is 6.38. The summed E-state index contributed by atoms with van der Waals surface area (Å²) in [7, 11) is -14.0. The quantitative estimate of drug-likeness (QED) is 0.0311. The number of unbranched alkanes of at least 4 members (excludes halogenated alkanes) is 1. The van der Waals surface area contributed by atoms with Crippen molar-refractivity contribution < 1.29 is 147 Å². The third-order valence-electron chi connectivity index (χ3n) is 9.10. The Labute approximate surface area is 370 Å². The van der Waals surface area contributed by atoms with Crippen molar-refractivity contribution in [2.45, 2.75) is 74.0 Å². The first-order chi connectivity index (χ1) is 22.3. The fourth-order valence-corrected chi connectivity index (χ4v) is 8.43. The molecule has 0 amide bonds. The normalized spacial score (nSPS) is 20.9. The minimum absolute atomic E-state index is 0. The summed E-state index contributed by atoms with van der Waals surface area (Å²) in [5.74, 6) is -1.44. The Kier molecular flexibility index (Phi) is 18.9. The van der Waals surface area contributed by atoms with Gasteiger partial charge in [-0.05, 0) is 81.5 Å². The number of anilines is 1. The maximum absolute atomic E-state index is 12.0. The Balaban J connectivity index is 0.00000433. The van der Waals surface area contributed by atoms with E-state index in [9.17, 15) is 44.2 Å². The van der Waals surface area contributed by atoms with Crippen LogP contribution in [0, 0.1) is 0 Å². The van der Waals surface area contributed by atoms with Crippen LogP contribution in [0.4, 0.5) is 11.4 Å². The summed E-state index contributed by atoms with van der Waals surface area (Å²) in [6.07, 6.45) is 6.62. The molecule has 21 heteroatoms. The molecule has 4 rings (SSSR count). The Morgan fingerprint density at radius 2 is 1.51 bits per heavy atom. The van der Waals surface area contributed by atoms with Gasteiger partial charge in [0.25, 0.3) is 0 Å². The smallest absolute Gasteiger partial charge is 0.748 e. The predicted molar refractivity (Wildman–Crippen MR) is 172 cm³/mol. The van der Waals surface area contributed by atoms with Crippen LogP contribution in [0.3, 0.4) is 0 Å². The van der Waals surface area contributed by atoms with Gasteiger partial charge in [0, 0.05) is 51.7 Å². The zero-order chi connectivity index (χ0) is 35.7. The second kappa shape index (κ2) is 19.5.